The van der Waals surface area contributed by atoms with Crippen molar-refractivity contribution in [1.82, 2.24) is 14.9 Å². The largest absolute Gasteiger partial charge is 0.346 e. The molecule has 3 rings (SSSR count). The van der Waals surface area contributed by atoms with Gasteiger partial charge in [0.15, 0.2) is 0 Å². The van der Waals surface area contributed by atoms with Gasteiger partial charge >= 0.3 is 0 Å². The fourth-order valence-electron chi connectivity index (χ4n) is 2.49. The Balaban J connectivity index is 2.24. The lowest BCUT2D eigenvalue weighted by molar-refractivity contribution is 0.0914. The van der Waals surface area contributed by atoms with Gasteiger partial charge in [-0.05, 0) is 32.9 Å². The number of hydrogen-bond acceptors (Lipinski definition) is 2. The second-order valence-corrected chi connectivity index (χ2v) is 6.27. The standard InChI is InChI=1S/C17H19N3O/c1-17(2,3)19-16(21)13-9-15-12(10-18-13)11-7-5-6-8-14(11)20(15)4/h5-10H,1-4H3,(H,19,21)/i9D. The van der Waals surface area contributed by atoms with Crippen LogP contribution in [0.15, 0.2) is 36.5 Å². The maximum Gasteiger partial charge on any atom is 0.270 e. The fraction of sp³-hybridized carbons (Fsp3) is 0.294. The van der Waals surface area contributed by atoms with Crippen molar-refractivity contribution in [2.24, 2.45) is 7.05 Å². The highest BCUT2D eigenvalue weighted by Crippen LogP contribution is 2.27. The van der Waals surface area contributed by atoms with E-state index in [-0.39, 0.29) is 23.2 Å². The minimum absolute atomic E-state index is 0.160. The van der Waals surface area contributed by atoms with Crippen molar-refractivity contribution in [3.63, 3.8) is 0 Å². The van der Waals surface area contributed by atoms with Crippen molar-refractivity contribution in [1.29, 1.82) is 0 Å². The lowest BCUT2D eigenvalue weighted by Gasteiger charge is -2.20. The third-order valence-electron chi connectivity index (χ3n) is 3.41. The van der Waals surface area contributed by atoms with Crippen molar-refractivity contribution in [2.75, 3.05) is 0 Å². The monoisotopic (exact) mass is 282 g/mol. The van der Waals surface area contributed by atoms with E-state index in [2.05, 4.69) is 10.3 Å². The number of nitrogens with one attached hydrogen (secondary N) is 1. The van der Waals surface area contributed by atoms with E-state index in [1.807, 2.05) is 56.7 Å². The fourth-order valence-corrected chi connectivity index (χ4v) is 2.49. The number of fused-ring (bicyclic) bond motifs is 3. The molecule has 4 heteroatoms. The van der Waals surface area contributed by atoms with Crippen molar-refractivity contribution in [2.45, 2.75) is 26.3 Å². The molecule has 2 aromatic heterocycles. The molecule has 0 saturated carbocycles. The Morgan fingerprint density at radius 1 is 1.24 bits per heavy atom. The number of aryl methyl sites for hydroxylation is 1. The van der Waals surface area contributed by atoms with Crippen LogP contribution in [-0.2, 0) is 7.05 Å². The smallest absolute Gasteiger partial charge is 0.270 e. The normalized spacial score (nSPS) is 12.7. The molecule has 0 spiro atoms. The summed E-state index contributed by atoms with van der Waals surface area (Å²) in [7, 11) is 1.91. The van der Waals surface area contributed by atoms with E-state index in [0.717, 1.165) is 21.8 Å². The molecule has 3 aromatic rings. The number of amides is 1. The van der Waals surface area contributed by atoms with E-state index < -0.39 is 0 Å². The molecule has 4 nitrogen and oxygen atoms in total. The van der Waals surface area contributed by atoms with Crippen LogP contribution in [0.1, 0.15) is 32.6 Å². The summed E-state index contributed by atoms with van der Waals surface area (Å²) < 4.78 is 10.4. The number of pyridine rings is 1. The van der Waals surface area contributed by atoms with Crippen molar-refractivity contribution in [3.05, 3.63) is 42.2 Å². The first-order valence-electron chi connectivity index (χ1n) is 7.45. The Bertz CT molecular complexity index is 890. The van der Waals surface area contributed by atoms with Crippen LogP contribution < -0.4 is 5.32 Å². The maximum atomic E-state index is 12.3. The molecule has 2 heterocycles. The van der Waals surface area contributed by atoms with Crippen LogP contribution in [0.3, 0.4) is 0 Å². The van der Waals surface area contributed by atoms with Gasteiger partial charge in [-0.2, -0.15) is 0 Å². The van der Waals surface area contributed by atoms with Crippen LogP contribution >= 0.6 is 0 Å². The van der Waals surface area contributed by atoms with Crippen LogP contribution in [0.25, 0.3) is 21.8 Å². The minimum Gasteiger partial charge on any atom is -0.346 e. The molecule has 0 radical (unpaired) electrons. The van der Waals surface area contributed by atoms with Crippen LogP contribution in [0, 0.1) is 0 Å². The summed E-state index contributed by atoms with van der Waals surface area (Å²) in [4.78, 5) is 16.6. The van der Waals surface area contributed by atoms with Gasteiger partial charge in [0.2, 0.25) is 0 Å². The molecule has 1 aromatic carbocycles. The van der Waals surface area contributed by atoms with E-state index >= 15 is 0 Å². The number of nitrogens with zero attached hydrogens (tertiary/aromatic N) is 2. The van der Waals surface area contributed by atoms with Crippen LogP contribution in [0.4, 0.5) is 0 Å². The van der Waals surface area contributed by atoms with Gasteiger partial charge in [-0.1, -0.05) is 18.2 Å². The molecular weight excluding hydrogens is 262 g/mol. The highest BCUT2D eigenvalue weighted by molar-refractivity contribution is 6.09. The number of aromatic nitrogens is 2. The summed E-state index contributed by atoms with van der Waals surface area (Å²) in [6.45, 7) is 5.72. The first-order valence-corrected chi connectivity index (χ1v) is 6.95. The topological polar surface area (TPSA) is 46.9 Å². The van der Waals surface area contributed by atoms with Gasteiger partial charge < -0.3 is 9.88 Å². The second kappa shape index (κ2) is 4.58. The summed E-state index contributed by atoms with van der Waals surface area (Å²) in [6.07, 6.45) is 1.69. The molecule has 0 aliphatic rings. The molecule has 1 amide bonds. The van der Waals surface area contributed by atoms with Crippen LogP contribution in [0.5, 0.6) is 0 Å². The molecule has 0 aliphatic carbocycles. The predicted octanol–water partition coefficient (Wildman–Crippen LogP) is 3.25. The third-order valence-corrected chi connectivity index (χ3v) is 3.41. The van der Waals surface area contributed by atoms with E-state index in [9.17, 15) is 4.79 Å². The quantitative estimate of drug-likeness (QED) is 0.744. The van der Waals surface area contributed by atoms with Gasteiger partial charge in [-0.15, -0.1) is 0 Å². The van der Waals surface area contributed by atoms with Crippen molar-refractivity contribution < 1.29 is 6.17 Å². The first-order chi connectivity index (χ1) is 10.3. The highest BCUT2D eigenvalue weighted by Gasteiger charge is 2.17. The zero-order chi connectivity index (χ0) is 16.1. The molecule has 21 heavy (non-hydrogen) atoms. The molecule has 1 N–H and O–H groups in total. The molecule has 0 unspecified atom stereocenters. The lowest BCUT2D eigenvalue weighted by atomic mass is 10.1. The minimum atomic E-state index is -0.362. The molecular formula is C17H19N3O. The number of hydrogen-bond donors (Lipinski definition) is 1. The molecule has 108 valence electrons. The van der Waals surface area contributed by atoms with Gasteiger partial charge in [-0.25, -0.2) is 0 Å². The van der Waals surface area contributed by atoms with E-state index in [4.69, 9.17) is 1.37 Å². The zero-order valence-corrected chi connectivity index (χ0v) is 12.7. The van der Waals surface area contributed by atoms with Crippen molar-refractivity contribution >= 4 is 27.7 Å². The van der Waals surface area contributed by atoms with Crippen molar-refractivity contribution in [3.8, 4) is 0 Å². The summed E-state index contributed by atoms with van der Waals surface area (Å²) in [5, 5.41) is 4.81. The van der Waals surface area contributed by atoms with Gasteiger partial charge in [0.25, 0.3) is 5.91 Å². The molecule has 0 saturated heterocycles. The SMILES string of the molecule is [2H]c1c(C(=O)NC(C)(C)C)ncc2c3ccccc3n(C)c12. The predicted molar refractivity (Wildman–Crippen MR) is 85.4 cm³/mol. The Morgan fingerprint density at radius 2 is 1.95 bits per heavy atom. The second-order valence-electron chi connectivity index (χ2n) is 6.27. The Kier molecular flexibility index (Phi) is 2.70. The Morgan fingerprint density at radius 3 is 2.67 bits per heavy atom. The number of para-hydroxylation sites is 1. The van der Waals surface area contributed by atoms with E-state index in [1.165, 1.54) is 0 Å². The zero-order valence-electron chi connectivity index (χ0n) is 13.7. The van der Waals surface area contributed by atoms with E-state index in [0.29, 0.717) is 0 Å². The number of rotatable bonds is 1. The number of benzene rings is 1. The van der Waals surface area contributed by atoms with Gasteiger partial charge in [0.1, 0.15) is 5.69 Å². The highest BCUT2D eigenvalue weighted by atomic mass is 16.2. The van der Waals surface area contributed by atoms with Gasteiger partial charge in [0, 0.05) is 35.1 Å². The van der Waals surface area contributed by atoms with Crippen LogP contribution in [-0.4, -0.2) is 21.0 Å². The van der Waals surface area contributed by atoms with Gasteiger partial charge in [0.05, 0.1) is 6.89 Å². The average molecular weight is 282 g/mol. The third kappa shape index (κ3) is 2.37. The maximum absolute atomic E-state index is 12.3. The van der Waals surface area contributed by atoms with Gasteiger partial charge in [-0.3, -0.25) is 9.78 Å². The lowest BCUT2D eigenvalue weighted by Crippen LogP contribution is -2.40. The number of carbonyl (C=O) groups excluding carboxylic acids is 1. The number of carbonyl (C=O) groups is 1. The summed E-state index contributed by atoms with van der Waals surface area (Å²) in [5.41, 5.74) is 1.56. The molecule has 0 atom stereocenters. The first kappa shape index (κ1) is 12.4. The molecule has 0 bridgehead atoms. The average Bonchev–Trinajstić information content (AvgIpc) is 2.72. The van der Waals surface area contributed by atoms with Crippen LogP contribution in [0.2, 0.25) is 0 Å². The summed E-state index contributed by atoms with van der Waals surface area (Å²) >= 11 is 0. The summed E-state index contributed by atoms with van der Waals surface area (Å²) in [6, 6.07) is 8.10. The Labute approximate surface area is 125 Å². The van der Waals surface area contributed by atoms with E-state index in [1.54, 1.807) is 6.20 Å². The summed E-state index contributed by atoms with van der Waals surface area (Å²) in [5.74, 6) is -0.315. The Hall–Kier alpha value is -2.36. The molecule has 0 aliphatic heterocycles. The molecule has 0 fully saturated rings.